The lowest BCUT2D eigenvalue weighted by Gasteiger charge is -2.11. The third-order valence-corrected chi connectivity index (χ3v) is 2.59. The van der Waals surface area contributed by atoms with E-state index in [-0.39, 0.29) is 0 Å². The van der Waals surface area contributed by atoms with Crippen LogP contribution in [-0.2, 0) is 6.42 Å². The molecule has 6 heteroatoms. The summed E-state index contributed by atoms with van der Waals surface area (Å²) < 4.78 is 5.23. The zero-order valence-corrected chi connectivity index (χ0v) is 10.5. The Hall–Kier alpha value is -0.520. The standard InChI is InChI=1S/C10H15Cl2N3O/c1-16-10-7(2-3-14-6-15-13)4-8(11)5-9(10)12/h4-5,14-15H,2-3,6,13H2,1H3. The van der Waals surface area contributed by atoms with Crippen molar-refractivity contribution in [2.45, 2.75) is 6.42 Å². The van der Waals surface area contributed by atoms with Crippen LogP contribution in [0, 0.1) is 0 Å². The maximum absolute atomic E-state index is 6.01. The number of nitrogens with one attached hydrogen (secondary N) is 2. The van der Waals surface area contributed by atoms with Gasteiger partial charge in [0.2, 0.25) is 0 Å². The van der Waals surface area contributed by atoms with Gasteiger partial charge in [-0.1, -0.05) is 23.2 Å². The zero-order chi connectivity index (χ0) is 12.0. The van der Waals surface area contributed by atoms with Gasteiger partial charge in [-0.25, -0.2) is 5.43 Å². The molecule has 0 saturated carbocycles. The van der Waals surface area contributed by atoms with Crippen LogP contribution < -0.4 is 21.3 Å². The van der Waals surface area contributed by atoms with Gasteiger partial charge in [-0.3, -0.25) is 5.84 Å². The van der Waals surface area contributed by atoms with E-state index >= 15 is 0 Å². The van der Waals surface area contributed by atoms with E-state index in [1.807, 2.05) is 6.07 Å². The summed E-state index contributed by atoms with van der Waals surface area (Å²) in [5.74, 6) is 5.81. The number of methoxy groups -OCH3 is 1. The predicted molar refractivity (Wildman–Crippen MR) is 66.9 cm³/mol. The van der Waals surface area contributed by atoms with Crippen molar-refractivity contribution in [2.24, 2.45) is 5.84 Å². The summed E-state index contributed by atoms with van der Waals surface area (Å²) in [4.78, 5) is 0. The molecule has 1 rings (SSSR count). The smallest absolute Gasteiger partial charge is 0.140 e. The fraction of sp³-hybridized carbons (Fsp3) is 0.400. The lowest BCUT2D eigenvalue weighted by molar-refractivity contribution is 0.409. The minimum atomic E-state index is 0.530. The van der Waals surface area contributed by atoms with Gasteiger partial charge in [0, 0.05) is 11.6 Å². The Labute approximate surface area is 105 Å². The molecule has 0 unspecified atom stereocenters. The number of nitrogens with two attached hydrogens (primary N) is 1. The molecule has 0 amide bonds. The summed E-state index contributed by atoms with van der Waals surface area (Å²) in [5, 5.41) is 4.23. The third kappa shape index (κ3) is 3.81. The van der Waals surface area contributed by atoms with Crippen LogP contribution >= 0.6 is 23.2 Å². The van der Waals surface area contributed by atoms with Crippen LogP contribution in [0.3, 0.4) is 0 Å². The number of hydrazine groups is 1. The van der Waals surface area contributed by atoms with E-state index in [0.717, 1.165) is 18.5 Å². The fourth-order valence-electron chi connectivity index (χ4n) is 1.41. The van der Waals surface area contributed by atoms with Crippen LogP contribution in [0.5, 0.6) is 5.75 Å². The van der Waals surface area contributed by atoms with E-state index in [1.54, 1.807) is 13.2 Å². The molecule has 0 aliphatic rings. The van der Waals surface area contributed by atoms with E-state index in [1.165, 1.54) is 0 Å². The Bertz CT molecular complexity index is 347. The molecule has 4 N–H and O–H groups in total. The van der Waals surface area contributed by atoms with Crippen LogP contribution in [0.1, 0.15) is 5.56 Å². The number of hydrogen-bond donors (Lipinski definition) is 3. The van der Waals surface area contributed by atoms with Crippen LogP contribution in [0.25, 0.3) is 0 Å². The summed E-state index contributed by atoms with van der Waals surface area (Å²) >= 11 is 11.9. The molecule has 16 heavy (non-hydrogen) atoms. The van der Waals surface area contributed by atoms with Gasteiger partial charge < -0.3 is 10.1 Å². The zero-order valence-electron chi connectivity index (χ0n) is 9.02. The van der Waals surface area contributed by atoms with Crippen molar-refractivity contribution in [3.05, 3.63) is 27.7 Å². The van der Waals surface area contributed by atoms with Gasteiger partial charge >= 0.3 is 0 Å². The molecular weight excluding hydrogens is 249 g/mol. The molecule has 4 nitrogen and oxygen atoms in total. The molecule has 0 fully saturated rings. The van der Waals surface area contributed by atoms with Crippen molar-refractivity contribution >= 4 is 23.2 Å². The van der Waals surface area contributed by atoms with E-state index < -0.39 is 0 Å². The Morgan fingerprint density at radius 3 is 2.75 bits per heavy atom. The van der Waals surface area contributed by atoms with Crippen molar-refractivity contribution in [3.63, 3.8) is 0 Å². The van der Waals surface area contributed by atoms with Crippen molar-refractivity contribution in [3.8, 4) is 5.75 Å². The molecule has 0 spiro atoms. The maximum Gasteiger partial charge on any atom is 0.140 e. The summed E-state index contributed by atoms with van der Waals surface area (Å²) in [7, 11) is 1.59. The second-order valence-corrected chi connectivity index (χ2v) is 4.05. The Morgan fingerprint density at radius 2 is 2.12 bits per heavy atom. The van der Waals surface area contributed by atoms with Gasteiger partial charge in [-0.05, 0) is 24.1 Å². The van der Waals surface area contributed by atoms with E-state index in [9.17, 15) is 0 Å². The summed E-state index contributed by atoms with van der Waals surface area (Å²) in [6, 6.07) is 3.52. The van der Waals surface area contributed by atoms with Crippen molar-refractivity contribution < 1.29 is 4.74 Å². The first-order valence-electron chi connectivity index (χ1n) is 4.85. The molecule has 0 aliphatic heterocycles. The Balaban J connectivity index is 2.69. The van der Waals surface area contributed by atoms with Gasteiger partial charge in [-0.15, -0.1) is 0 Å². The molecule has 0 heterocycles. The maximum atomic E-state index is 6.01. The van der Waals surface area contributed by atoms with Crippen LogP contribution in [0.4, 0.5) is 0 Å². The largest absolute Gasteiger partial charge is 0.495 e. The number of halogens is 2. The predicted octanol–water partition coefficient (Wildman–Crippen LogP) is 1.55. The highest BCUT2D eigenvalue weighted by Gasteiger charge is 2.09. The number of ether oxygens (including phenoxy) is 1. The molecule has 0 atom stereocenters. The van der Waals surface area contributed by atoms with Gasteiger partial charge in [0.1, 0.15) is 5.75 Å². The second-order valence-electron chi connectivity index (χ2n) is 3.21. The molecule has 1 aromatic carbocycles. The summed E-state index contributed by atoms with van der Waals surface area (Å²) in [6.07, 6.45) is 0.769. The highest BCUT2D eigenvalue weighted by molar-refractivity contribution is 6.35. The average Bonchev–Trinajstić information content (AvgIpc) is 2.24. The first-order valence-corrected chi connectivity index (χ1v) is 5.60. The molecule has 0 saturated heterocycles. The quantitative estimate of drug-likeness (QED) is 0.316. The highest BCUT2D eigenvalue weighted by Crippen LogP contribution is 2.32. The van der Waals surface area contributed by atoms with Gasteiger partial charge in [0.25, 0.3) is 0 Å². The lowest BCUT2D eigenvalue weighted by Crippen LogP contribution is -2.34. The molecular formula is C10H15Cl2N3O. The average molecular weight is 264 g/mol. The fourth-order valence-corrected chi connectivity index (χ4v) is 2.02. The van der Waals surface area contributed by atoms with E-state index in [0.29, 0.717) is 22.5 Å². The van der Waals surface area contributed by atoms with Gasteiger partial charge in [0.15, 0.2) is 0 Å². The van der Waals surface area contributed by atoms with Crippen molar-refractivity contribution in [1.82, 2.24) is 10.7 Å². The van der Waals surface area contributed by atoms with Crippen LogP contribution in [-0.4, -0.2) is 20.3 Å². The number of rotatable bonds is 6. The van der Waals surface area contributed by atoms with Crippen molar-refractivity contribution in [1.29, 1.82) is 0 Å². The second kappa shape index (κ2) is 6.93. The topological polar surface area (TPSA) is 59.3 Å². The molecule has 1 aromatic rings. The Morgan fingerprint density at radius 1 is 1.38 bits per heavy atom. The molecule has 0 aromatic heterocycles. The minimum absolute atomic E-state index is 0.530. The molecule has 0 radical (unpaired) electrons. The molecule has 0 bridgehead atoms. The van der Waals surface area contributed by atoms with Crippen LogP contribution in [0.2, 0.25) is 10.0 Å². The van der Waals surface area contributed by atoms with Gasteiger partial charge in [-0.2, -0.15) is 0 Å². The lowest BCUT2D eigenvalue weighted by atomic mass is 10.1. The summed E-state index contributed by atoms with van der Waals surface area (Å²) in [6.45, 7) is 1.31. The van der Waals surface area contributed by atoms with Crippen LogP contribution in [0.15, 0.2) is 12.1 Å². The van der Waals surface area contributed by atoms with E-state index in [2.05, 4.69) is 10.7 Å². The first-order chi connectivity index (χ1) is 7.69. The Kier molecular flexibility index (Phi) is 5.87. The monoisotopic (exact) mass is 263 g/mol. The van der Waals surface area contributed by atoms with Crippen molar-refractivity contribution in [2.75, 3.05) is 20.3 Å². The van der Waals surface area contributed by atoms with E-state index in [4.69, 9.17) is 33.8 Å². The highest BCUT2D eigenvalue weighted by atomic mass is 35.5. The minimum Gasteiger partial charge on any atom is -0.495 e. The SMILES string of the molecule is COc1c(Cl)cc(Cl)cc1CCNCNN. The summed E-state index contributed by atoms with van der Waals surface area (Å²) in [5.41, 5.74) is 3.49. The molecule has 90 valence electrons. The normalized spacial score (nSPS) is 10.5. The number of hydrogen-bond acceptors (Lipinski definition) is 4. The number of benzene rings is 1. The third-order valence-electron chi connectivity index (χ3n) is 2.09. The van der Waals surface area contributed by atoms with Gasteiger partial charge in [0.05, 0.1) is 18.8 Å². The molecule has 0 aliphatic carbocycles. The first kappa shape index (κ1) is 13.5.